The fourth-order valence-electron chi connectivity index (χ4n) is 2.13. The van der Waals surface area contributed by atoms with E-state index in [0.717, 1.165) is 25.4 Å². The molecule has 2 heterocycles. The molecular weight excluding hydrogens is 257 g/mol. The largest absolute Gasteiger partial charge is 0.418 e. The number of alkyl halides is 3. The van der Waals surface area contributed by atoms with E-state index in [0.29, 0.717) is 24.9 Å². The first-order valence-corrected chi connectivity index (χ1v) is 6.27. The highest BCUT2D eigenvalue weighted by molar-refractivity contribution is 5.40. The molecule has 4 nitrogen and oxygen atoms in total. The highest BCUT2D eigenvalue weighted by Gasteiger charge is 2.32. The van der Waals surface area contributed by atoms with E-state index < -0.39 is 11.7 Å². The molecule has 0 bridgehead atoms. The first-order valence-electron chi connectivity index (χ1n) is 6.27. The SMILES string of the molecule is CC(C)N1CCN(c2cc(C(F)(F)F)cnn2)CC1. The Hall–Kier alpha value is -1.37. The van der Waals surface area contributed by atoms with Crippen LogP contribution in [-0.4, -0.2) is 47.3 Å². The van der Waals surface area contributed by atoms with Crippen molar-refractivity contribution in [2.24, 2.45) is 0 Å². The van der Waals surface area contributed by atoms with Gasteiger partial charge in [-0.15, -0.1) is 5.10 Å². The van der Waals surface area contributed by atoms with Crippen LogP contribution >= 0.6 is 0 Å². The van der Waals surface area contributed by atoms with Gasteiger partial charge in [0.05, 0.1) is 11.8 Å². The van der Waals surface area contributed by atoms with Crippen LogP contribution in [0.25, 0.3) is 0 Å². The van der Waals surface area contributed by atoms with Crippen LogP contribution in [-0.2, 0) is 6.18 Å². The second kappa shape index (κ2) is 5.32. The zero-order valence-electron chi connectivity index (χ0n) is 11.0. The molecule has 0 atom stereocenters. The molecule has 1 aliphatic heterocycles. The molecule has 0 saturated carbocycles. The molecule has 1 aliphatic rings. The minimum absolute atomic E-state index is 0.304. The quantitative estimate of drug-likeness (QED) is 0.826. The average molecular weight is 274 g/mol. The first-order chi connectivity index (χ1) is 8.88. The van der Waals surface area contributed by atoms with Crippen molar-refractivity contribution in [1.29, 1.82) is 0 Å². The zero-order valence-corrected chi connectivity index (χ0v) is 11.0. The zero-order chi connectivity index (χ0) is 14.0. The van der Waals surface area contributed by atoms with Crippen LogP contribution in [0.3, 0.4) is 0 Å². The molecule has 1 saturated heterocycles. The minimum atomic E-state index is -4.37. The number of hydrogen-bond acceptors (Lipinski definition) is 4. The van der Waals surface area contributed by atoms with Crippen molar-refractivity contribution in [2.45, 2.75) is 26.1 Å². The third kappa shape index (κ3) is 3.34. The molecule has 0 spiro atoms. The van der Waals surface area contributed by atoms with Gasteiger partial charge in [0.2, 0.25) is 0 Å². The second-order valence-electron chi connectivity index (χ2n) is 4.92. The van der Waals surface area contributed by atoms with Gasteiger partial charge in [-0.2, -0.15) is 18.3 Å². The Morgan fingerprint density at radius 2 is 1.79 bits per heavy atom. The number of rotatable bonds is 2. The van der Waals surface area contributed by atoms with Crippen molar-refractivity contribution >= 4 is 5.82 Å². The summed E-state index contributed by atoms with van der Waals surface area (Å²) in [5.41, 5.74) is -0.746. The molecule has 2 rings (SSSR count). The minimum Gasteiger partial charge on any atom is -0.353 e. The molecule has 0 aliphatic carbocycles. The van der Waals surface area contributed by atoms with Crippen molar-refractivity contribution in [3.8, 4) is 0 Å². The highest BCUT2D eigenvalue weighted by atomic mass is 19.4. The van der Waals surface area contributed by atoms with E-state index in [-0.39, 0.29) is 0 Å². The molecule has 0 aromatic carbocycles. The summed E-state index contributed by atoms with van der Waals surface area (Å²) in [7, 11) is 0. The smallest absolute Gasteiger partial charge is 0.353 e. The third-order valence-electron chi connectivity index (χ3n) is 3.34. The van der Waals surface area contributed by atoms with E-state index in [1.807, 2.05) is 4.90 Å². The van der Waals surface area contributed by atoms with E-state index in [9.17, 15) is 13.2 Å². The molecule has 19 heavy (non-hydrogen) atoms. The summed E-state index contributed by atoms with van der Waals surface area (Å²) in [6.07, 6.45) is -3.61. The van der Waals surface area contributed by atoms with Crippen LogP contribution < -0.4 is 4.90 Å². The van der Waals surface area contributed by atoms with Gasteiger partial charge in [-0.25, -0.2) is 0 Å². The Bertz CT molecular complexity index is 425. The van der Waals surface area contributed by atoms with Crippen LogP contribution in [0.5, 0.6) is 0 Å². The maximum absolute atomic E-state index is 12.6. The van der Waals surface area contributed by atoms with Gasteiger partial charge in [-0.1, -0.05) is 0 Å². The highest BCUT2D eigenvalue weighted by Crippen LogP contribution is 2.30. The monoisotopic (exact) mass is 274 g/mol. The van der Waals surface area contributed by atoms with E-state index in [1.54, 1.807) is 0 Å². The molecule has 106 valence electrons. The lowest BCUT2D eigenvalue weighted by molar-refractivity contribution is -0.137. The Kier molecular flexibility index (Phi) is 3.93. The van der Waals surface area contributed by atoms with Gasteiger partial charge in [0.15, 0.2) is 5.82 Å². The van der Waals surface area contributed by atoms with Crippen LogP contribution in [0.1, 0.15) is 19.4 Å². The number of aromatic nitrogens is 2. The normalized spacial score (nSPS) is 18.1. The molecule has 0 unspecified atom stereocenters. The topological polar surface area (TPSA) is 32.3 Å². The Morgan fingerprint density at radius 3 is 2.32 bits per heavy atom. The molecular formula is C12H17F3N4. The lowest BCUT2D eigenvalue weighted by Gasteiger charge is -2.37. The first kappa shape index (κ1) is 14.0. The molecule has 7 heteroatoms. The van der Waals surface area contributed by atoms with Gasteiger partial charge in [0.1, 0.15) is 0 Å². The predicted octanol–water partition coefficient (Wildman–Crippen LogP) is 2.03. The van der Waals surface area contributed by atoms with E-state index >= 15 is 0 Å². The summed E-state index contributed by atoms with van der Waals surface area (Å²) in [4.78, 5) is 4.14. The summed E-state index contributed by atoms with van der Waals surface area (Å²) in [6.45, 7) is 7.23. The van der Waals surface area contributed by atoms with Gasteiger partial charge in [0.25, 0.3) is 0 Å². The number of hydrogen-bond donors (Lipinski definition) is 0. The van der Waals surface area contributed by atoms with Gasteiger partial charge in [-0.3, -0.25) is 4.90 Å². The van der Waals surface area contributed by atoms with Crippen LogP contribution in [0.2, 0.25) is 0 Å². The summed E-state index contributed by atoms with van der Waals surface area (Å²) < 4.78 is 37.8. The van der Waals surface area contributed by atoms with Crippen LogP contribution in [0, 0.1) is 0 Å². The van der Waals surface area contributed by atoms with Crippen molar-refractivity contribution < 1.29 is 13.2 Å². The van der Waals surface area contributed by atoms with Crippen molar-refractivity contribution in [1.82, 2.24) is 15.1 Å². The molecule has 1 aromatic rings. The Morgan fingerprint density at radius 1 is 1.16 bits per heavy atom. The molecule has 1 fully saturated rings. The maximum atomic E-state index is 12.6. The number of piperazine rings is 1. The summed E-state index contributed by atoms with van der Waals surface area (Å²) in [5.74, 6) is 0.304. The lowest BCUT2D eigenvalue weighted by Crippen LogP contribution is -2.49. The number of nitrogens with zero attached hydrogens (tertiary/aromatic N) is 4. The average Bonchev–Trinajstić information content (AvgIpc) is 2.38. The van der Waals surface area contributed by atoms with Gasteiger partial charge < -0.3 is 4.90 Å². The molecule has 0 amide bonds. The van der Waals surface area contributed by atoms with Crippen LogP contribution in [0.15, 0.2) is 12.3 Å². The predicted molar refractivity (Wildman–Crippen MR) is 66.0 cm³/mol. The van der Waals surface area contributed by atoms with Gasteiger partial charge in [0, 0.05) is 32.2 Å². The van der Waals surface area contributed by atoms with Crippen molar-refractivity contribution in [3.05, 3.63) is 17.8 Å². The van der Waals surface area contributed by atoms with Gasteiger partial charge in [-0.05, 0) is 19.9 Å². The van der Waals surface area contributed by atoms with Crippen LogP contribution in [0.4, 0.5) is 19.0 Å². The van der Waals surface area contributed by atoms with E-state index in [4.69, 9.17) is 0 Å². The maximum Gasteiger partial charge on any atom is 0.418 e. The molecule has 0 radical (unpaired) electrons. The fraction of sp³-hybridized carbons (Fsp3) is 0.667. The van der Waals surface area contributed by atoms with E-state index in [1.165, 1.54) is 0 Å². The summed E-state index contributed by atoms with van der Waals surface area (Å²) >= 11 is 0. The summed E-state index contributed by atoms with van der Waals surface area (Å²) in [6, 6.07) is 1.52. The third-order valence-corrected chi connectivity index (χ3v) is 3.34. The van der Waals surface area contributed by atoms with Crippen molar-refractivity contribution in [3.63, 3.8) is 0 Å². The Balaban J connectivity index is 2.08. The standard InChI is InChI=1S/C12H17F3N4/c1-9(2)18-3-5-19(6-4-18)11-7-10(8-16-17-11)12(13,14)15/h7-9H,3-6H2,1-2H3. The van der Waals surface area contributed by atoms with E-state index in [2.05, 4.69) is 28.9 Å². The summed E-state index contributed by atoms with van der Waals surface area (Å²) in [5, 5.41) is 7.26. The molecule has 0 N–H and O–H groups in total. The number of anilines is 1. The van der Waals surface area contributed by atoms with Gasteiger partial charge >= 0.3 is 6.18 Å². The Labute approximate surface area is 110 Å². The van der Waals surface area contributed by atoms with Crippen molar-refractivity contribution in [2.75, 3.05) is 31.1 Å². The molecule has 1 aromatic heterocycles. The lowest BCUT2D eigenvalue weighted by atomic mass is 10.2. The second-order valence-corrected chi connectivity index (χ2v) is 4.92. The fourth-order valence-corrected chi connectivity index (χ4v) is 2.13. The number of halogens is 3.